The van der Waals surface area contributed by atoms with Crippen LogP contribution < -0.4 is 10.7 Å². The van der Waals surface area contributed by atoms with Crippen molar-refractivity contribution in [3.63, 3.8) is 0 Å². The first-order valence-corrected chi connectivity index (χ1v) is 9.47. The normalized spacial score (nSPS) is 12.2. The number of nitrogens with one attached hydrogen (secondary N) is 1. The number of nitrogens with zero attached hydrogens (tertiary/aromatic N) is 1. The summed E-state index contributed by atoms with van der Waals surface area (Å²) in [6, 6.07) is 22.0. The van der Waals surface area contributed by atoms with Gasteiger partial charge in [0.25, 0.3) is 0 Å². The van der Waals surface area contributed by atoms with Crippen molar-refractivity contribution in [1.29, 1.82) is 0 Å². The Hall–Kier alpha value is -3.11. The molecule has 4 rings (SSSR count). The van der Waals surface area contributed by atoms with Crippen LogP contribution in [-0.4, -0.2) is 10.5 Å². The van der Waals surface area contributed by atoms with Crippen molar-refractivity contribution in [2.24, 2.45) is 0 Å². The molecule has 0 bridgehead atoms. The molecule has 1 N–H and O–H groups in total. The number of pyridine rings is 1. The van der Waals surface area contributed by atoms with Crippen LogP contribution in [0.1, 0.15) is 18.5 Å². The summed E-state index contributed by atoms with van der Waals surface area (Å²) in [5.74, 6) is -0.133. The summed E-state index contributed by atoms with van der Waals surface area (Å²) in [6.07, 6.45) is 0. The van der Waals surface area contributed by atoms with Crippen LogP contribution in [0.4, 0.5) is 0 Å². The van der Waals surface area contributed by atoms with E-state index in [0.717, 1.165) is 16.6 Å². The number of fused-ring (bicyclic) bond motifs is 2. The zero-order chi connectivity index (χ0) is 19.7. The fourth-order valence-electron chi connectivity index (χ4n) is 3.54. The lowest BCUT2D eigenvalue weighted by Gasteiger charge is -2.18. The molecule has 1 unspecified atom stereocenters. The van der Waals surface area contributed by atoms with Gasteiger partial charge in [0.05, 0.1) is 17.1 Å². The Labute approximate surface area is 167 Å². The summed E-state index contributed by atoms with van der Waals surface area (Å²) in [5, 5.41) is 4.87. The number of halogens is 1. The van der Waals surface area contributed by atoms with Crippen molar-refractivity contribution in [2.45, 2.75) is 19.5 Å². The van der Waals surface area contributed by atoms with Crippen LogP contribution in [0.2, 0.25) is 5.02 Å². The molecule has 4 nitrogen and oxygen atoms in total. The van der Waals surface area contributed by atoms with Crippen LogP contribution in [0.3, 0.4) is 0 Å². The lowest BCUT2D eigenvalue weighted by atomic mass is 10.1. The Kier molecular flexibility index (Phi) is 4.88. The van der Waals surface area contributed by atoms with Gasteiger partial charge in [-0.2, -0.15) is 0 Å². The largest absolute Gasteiger partial charge is 0.348 e. The van der Waals surface area contributed by atoms with Gasteiger partial charge in [0.1, 0.15) is 6.54 Å². The lowest BCUT2D eigenvalue weighted by molar-refractivity contribution is -0.122. The smallest absolute Gasteiger partial charge is 0.240 e. The molecule has 4 aromatic rings. The number of carbonyl (C=O) groups is 1. The summed E-state index contributed by atoms with van der Waals surface area (Å²) in [4.78, 5) is 25.6. The molecule has 1 aromatic heterocycles. The molecule has 0 saturated heterocycles. The lowest BCUT2D eigenvalue weighted by Crippen LogP contribution is -2.30. The van der Waals surface area contributed by atoms with E-state index in [9.17, 15) is 9.59 Å². The van der Waals surface area contributed by atoms with Gasteiger partial charge in [0, 0.05) is 15.8 Å². The highest BCUT2D eigenvalue weighted by Gasteiger charge is 2.15. The minimum absolute atomic E-state index is 0.0184. The SMILES string of the molecule is CC(NC(=O)Cn1c2ccccc2c(=O)c2ccccc21)c1cccc(Cl)c1. The summed E-state index contributed by atoms with van der Waals surface area (Å²) < 4.78 is 1.89. The van der Waals surface area contributed by atoms with Crippen LogP contribution in [-0.2, 0) is 11.3 Å². The van der Waals surface area contributed by atoms with Crippen LogP contribution in [0.5, 0.6) is 0 Å². The highest BCUT2D eigenvalue weighted by molar-refractivity contribution is 6.30. The van der Waals surface area contributed by atoms with E-state index in [0.29, 0.717) is 15.8 Å². The van der Waals surface area contributed by atoms with Gasteiger partial charge < -0.3 is 9.88 Å². The van der Waals surface area contributed by atoms with Crippen LogP contribution in [0, 0.1) is 0 Å². The molecule has 3 aromatic carbocycles. The second kappa shape index (κ2) is 7.49. The maximum atomic E-state index is 12.8. The van der Waals surface area contributed by atoms with Gasteiger partial charge in [-0.25, -0.2) is 0 Å². The summed E-state index contributed by atoms with van der Waals surface area (Å²) in [5.41, 5.74) is 2.42. The zero-order valence-corrected chi connectivity index (χ0v) is 16.1. The Balaban J connectivity index is 1.71. The minimum atomic E-state index is -0.178. The summed E-state index contributed by atoms with van der Waals surface area (Å²) in [7, 11) is 0. The first kappa shape index (κ1) is 18.3. The molecular formula is C23H19ClN2O2. The third-order valence-electron chi connectivity index (χ3n) is 4.91. The van der Waals surface area contributed by atoms with Gasteiger partial charge in [-0.1, -0.05) is 48.0 Å². The first-order valence-electron chi connectivity index (χ1n) is 9.09. The van der Waals surface area contributed by atoms with E-state index in [1.807, 2.05) is 66.1 Å². The summed E-state index contributed by atoms with van der Waals surface area (Å²) >= 11 is 6.05. The highest BCUT2D eigenvalue weighted by Crippen LogP contribution is 2.20. The van der Waals surface area contributed by atoms with Gasteiger partial charge in [0.15, 0.2) is 5.43 Å². The van der Waals surface area contributed by atoms with E-state index in [2.05, 4.69) is 5.32 Å². The fourth-order valence-corrected chi connectivity index (χ4v) is 3.74. The van der Waals surface area contributed by atoms with Gasteiger partial charge in [-0.15, -0.1) is 0 Å². The minimum Gasteiger partial charge on any atom is -0.348 e. The topological polar surface area (TPSA) is 51.1 Å². The molecule has 0 aliphatic rings. The molecule has 0 aliphatic carbocycles. The number of amides is 1. The van der Waals surface area contributed by atoms with Crippen LogP contribution >= 0.6 is 11.6 Å². The van der Waals surface area contributed by atoms with E-state index in [1.165, 1.54) is 0 Å². The number of rotatable bonds is 4. The predicted octanol–water partition coefficient (Wildman–Crippen LogP) is 4.69. The molecule has 0 aliphatic heterocycles. The number of carbonyl (C=O) groups excluding carboxylic acids is 1. The predicted molar refractivity (Wildman–Crippen MR) is 114 cm³/mol. The molecule has 28 heavy (non-hydrogen) atoms. The molecule has 1 amide bonds. The standard InChI is InChI=1S/C23H19ClN2O2/c1-15(16-7-6-8-17(24)13-16)25-22(27)14-26-20-11-4-2-9-18(20)23(28)19-10-3-5-12-21(19)26/h2-13,15H,14H2,1H3,(H,25,27). The quantitative estimate of drug-likeness (QED) is 0.514. The highest BCUT2D eigenvalue weighted by atomic mass is 35.5. The van der Waals surface area contributed by atoms with E-state index in [1.54, 1.807) is 18.2 Å². The molecule has 140 valence electrons. The summed E-state index contributed by atoms with van der Waals surface area (Å²) in [6.45, 7) is 2.04. The number of hydrogen-bond acceptors (Lipinski definition) is 2. The number of hydrogen-bond donors (Lipinski definition) is 1. The van der Waals surface area contributed by atoms with E-state index < -0.39 is 0 Å². The average Bonchev–Trinajstić information content (AvgIpc) is 2.71. The number of aromatic nitrogens is 1. The van der Waals surface area contributed by atoms with Crippen LogP contribution in [0.15, 0.2) is 77.6 Å². The molecule has 0 fully saturated rings. The van der Waals surface area contributed by atoms with E-state index >= 15 is 0 Å². The molecule has 0 saturated carbocycles. The maximum Gasteiger partial charge on any atom is 0.240 e. The van der Waals surface area contributed by atoms with Gasteiger partial charge in [-0.3, -0.25) is 9.59 Å². The Morgan fingerprint density at radius 3 is 2.18 bits per heavy atom. The number of para-hydroxylation sites is 2. The van der Waals surface area contributed by atoms with Crippen molar-refractivity contribution >= 4 is 39.3 Å². The Bertz CT molecular complexity index is 1190. The van der Waals surface area contributed by atoms with Crippen molar-refractivity contribution in [3.05, 3.63) is 93.6 Å². The maximum absolute atomic E-state index is 12.8. The van der Waals surface area contributed by atoms with E-state index in [-0.39, 0.29) is 23.9 Å². The molecule has 1 heterocycles. The molecule has 5 heteroatoms. The Morgan fingerprint density at radius 2 is 1.57 bits per heavy atom. The first-order chi connectivity index (χ1) is 13.5. The van der Waals surface area contributed by atoms with Crippen molar-refractivity contribution < 1.29 is 4.79 Å². The Morgan fingerprint density at radius 1 is 0.964 bits per heavy atom. The zero-order valence-electron chi connectivity index (χ0n) is 15.4. The molecule has 1 atom stereocenters. The van der Waals surface area contributed by atoms with Crippen molar-refractivity contribution in [3.8, 4) is 0 Å². The van der Waals surface area contributed by atoms with Crippen molar-refractivity contribution in [1.82, 2.24) is 9.88 Å². The average molecular weight is 391 g/mol. The second-order valence-corrected chi connectivity index (χ2v) is 7.23. The number of benzene rings is 3. The molecule has 0 spiro atoms. The monoisotopic (exact) mass is 390 g/mol. The third-order valence-corrected chi connectivity index (χ3v) is 5.14. The second-order valence-electron chi connectivity index (χ2n) is 6.79. The molecule has 0 radical (unpaired) electrons. The van der Waals surface area contributed by atoms with Gasteiger partial charge >= 0.3 is 0 Å². The fraction of sp³-hybridized carbons (Fsp3) is 0.130. The third kappa shape index (κ3) is 3.39. The van der Waals surface area contributed by atoms with Crippen molar-refractivity contribution in [2.75, 3.05) is 0 Å². The molecular weight excluding hydrogens is 372 g/mol. The van der Waals surface area contributed by atoms with E-state index in [4.69, 9.17) is 11.6 Å². The van der Waals surface area contributed by atoms with Gasteiger partial charge in [-0.05, 0) is 48.9 Å². The van der Waals surface area contributed by atoms with Gasteiger partial charge in [0.2, 0.25) is 5.91 Å². The van der Waals surface area contributed by atoms with Crippen LogP contribution in [0.25, 0.3) is 21.8 Å².